The lowest BCUT2D eigenvalue weighted by molar-refractivity contribution is 0.635. The Labute approximate surface area is 108 Å². The molecule has 0 radical (unpaired) electrons. The van der Waals surface area contributed by atoms with Gasteiger partial charge in [0.05, 0.1) is 6.04 Å². The lowest BCUT2D eigenvalue weighted by Gasteiger charge is -2.19. The van der Waals surface area contributed by atoms with Crippen LogP contribution in [0.2, 0.25) is 0 Å². The molecule has 0 heterocycles. The summed E-state index contributed by atoms with van der Waals surface area (Å²) in [5.74, 6) is 0.843. The predicted octanol–water partition coefficient (Wildman–Crippen LogP) is 3.30. The number of thiol groups is 1. The van der Waals surface area contributed by atoms with Gasteiger partial charge in [-0.3, -0.25) is 0 Å². The lowest BCUT2D eigenvalue weighted by atomic mass is 9.99. The molecule has 0 amide bonds. The molecule has 88 valence electrons. The Kier molecular flexibility index (Phi) is 4.65. The van der Waals surface area contributed by atoms with Crippen molar-refractivity contribution in [2.45, 2.75) is 6.04 Å². The molecular formula is C15H17NS. The minimum Gasteiger partial charge on any atom is -0.305 e. The highest BCUT2D eigenvalue weighted by atomic mass is 32.1. The zero-order valence-electron chi connectivity index (χ0n) is 9.71. The number of nitrogens with one attached hydrogen (secondary N) is 1. The number of hydrogen-bond donors (Lipinski definition) is 2. The summed E-state index contributed by atoms with van der Waals surface area (Å²) in [7, 11) is 0. The third kappa shape index (κ3) is 3.35. The van der Waals surface area contributed by atoms with Crippen LogP contribution in [0.3, 0.4) is 0 Å². The predicted molar refractivity (Wildman–Crippen MR) is 76.6 cm³/mol. The van der Waals surface area contributed by atoms with E-state index in [0.29, 0.717) is 0 Å². The van der Waals surface area contributed by atoms with Crippen molar-refractivity contribution < 1.29 is 0 Å². The van der Waals surface area contributed by atoms with E-state index in [-0.39, 0.29) is 6.04 Å². The molecule has 1 nitrogen and oxygen atoms in total. The summed E-state index contributed by atoms with van der Waals surface area (Å²) in [6.45, 7) is 0.900. The summed E-state index contributed by atoms with van der Waals surface area (Å²) in [6.07, 6.45) is 0. The highest BCUT2D eigenvalue weighted by molar-refractivity contribution is 7.80. The van der Waals surface area contributed by atoms with Crippen LogP contribution in [0.5, 0.6) is 0 Å². The summed E-state index contributed by atoms with van der Waals surface area (Å²) in [5, 5.41) is 3.53. The topological polar surface area (TPSA) is 12.0 Å². The van der Waals surface area contributed by atoms with E-state index in [0.717, 1.165) is 12.3 Å². The Morgan fingerprint density at radius 2 is 1.29 bits per heavy atom. The summed E-state index contributed by atoms with van der Waals surface area (Å²) >= 11 is 4.26. The molecule has 2 rings (SSSR count). The fourth-order valence-corrected chi connectivity index (χ4v) is 2.06. The van der Waals surface area contributed by atoms with E-state index in [9.17, 15) is 0 Å². The van der Waals surface area contributed by atoms with Gasteiger partial charge in [0.2, 0.25) is 0 Å². The standard InChI is InChI=1S/C15H17NS/c17-12-11-16-15(13-7-3-1-4-8-13)14-9-5-2-6-10-14/h1-10,15-17H,11-12H2. The molecule has 0 spiro atoms. The van der Waals surface area contributed by atoms with Crippen molar-refractivity contribution in [3.05, 3.63) is 71.8 Å². The van der Waals surface area contributed by atoms with E-state index in [1.165, 1.54) is 11.1 Å². The molecule has 1 N–H and O–H groups in total. The molecular weight excluding hydrogens is 226 g/mol. The average molecular weight is 243 g/mol. The zero-order chi connectivity index (χ0) is 11.9. The van der Waals surface area contributed by atoms with Crippen LogP contribution >= 0.6 is 12.6 Å². The summed E-state index contributed by atoms with van der Waals surface area (Å²) in [5.41, 5.74) is 2.58. The Morgan fingerprint density at radius 1 is 0.824 bits per heavy atom. The molecule has 0 saturated carbocycles. The van der Waals surface area contributed by atoms with Crippen LogP contribution in [0.25, 0.3) is 0 Å². The fraction of sp³-hybridized carbons (Fsp3) is 0.200. The van der Waals surface area contributed by atoms with E-state index in [1.807, 2.05) is 12.1 Å². The van der Waals surface area contributed by atoms with E-state index >= 15 is 0 Å². The maximum Gasteiger partial charge on any atom is 0.0576 e. The first-order valence-electron chi connectivity index (χ1n) is 5.86. The molecule has 0 saturated heterocycles. The van der Waals surface area contributed by atoms with Crippen molar-refractivity contribution in [2.24, 2.45) is 0 Å². The lowest BCUT2D eigenvalue weighted by Crippen LogP contribution is -2.24. The van der Waals surface area contributed by atoms with Gasteiger partial charge in [-0.05, 0) is 11.1 Å². The summed E-state index contributed by atoms with van der Waals surface area (Å²) < 4.78 is 0. The minimum atomic E-state index is 0.254. The number of hydrogen-bond acceptors (Lipinski definition) is 2. The highest BCUT2D eigenvalue weighted by Crippen LogP contribution is 2.21. The van der Waals surface area contributed by atoms with Gasteiger partial charge in [0.15, 0.2) is 0 Å². The first-order chi connectivity index (χ1) is 8.42. The van der Waals surface area contributed by atoms with Gasteiger partial charge in [-0.15, -0.1) is 0 Å². The molecule has 17 heavy (non-hydrogen) atoms. The second-order valence-corrected chi connectivity index (χ2v) is 4.38. The zero-order valence-corrected chi connectivity index (χ0v) is 10.6. The third-order valence-electron chi connectivity index (χ3n) is 2.73. The van der Waals surface area contributed by atoms with Crippen LogP contribution in [0.4, 0.5) is 0 Å². The first-order valence-corrected chi connectivity index (χ1v) is 6.49. The summed E-state index contributed by atoms with van der Waals surface area (Å²) in [4.78, 5) is 0. The molecule has 0 bridgehead atoms. The monoisotopic (exact) mass is 243 g/mol. The van der Waals surface area contributed by atoms with Gasteiger partial charge < -0.3 is 5.32 Å². The largest absolute Gasteiger partial charge is 0.305 e. The SMILES string of the molecule is SCCNC(c1ccccc1)c1ccccc1. The maximum atomic E-state index is 4.26. The van der Waals surface area contributed by atoms with Crippen molar-refractivity contribution in [3.8, 4) is 0 Å². The van der Waals surface area contributed by atoms with E-state index < -0.39 is 0 Å². The van der Waals surface area contributed by atoms with Crippen molar-refractivity contribution in [1.29, 1.82) is 0 Å². The Bertz CT molecular complexity index is 388. The van der Waals surface area contributed by atoms with Gasteiger partial charge in [0, 0.05) is 12.3 Å². The number of benzene rings is 2. The van der Waals surface area contributed by atoms with E-state index in [4.69, 9.17) is 0 Å². The van der Waals surface area contributed by atoms with Crippen LogP contribution in [0.15, 0.2) is 60.7 Å². The molecule has 2 heteroatoms. The number of rotatable bonds is 5. The van der Waals surface area contributed by atoms with Crippen molar-refractivity contribution in [3.63, 3.8) is 0 Å². The second-order valence-electron chi connectivity index (χ2n) is 3.93. The molecule has 0 aromatic heterocycles. The van der Waals surface area contributed by atoms with Crippen LogP contribution in [0.1, 0.15) is 17.2 Å². The van der Waals surface area contributed by atoms with Crippen LogP contribution in [-0.2, 0) is 0 Å². The van der Waals surface area contributed by atoms with Gasteiger partial charge in [-0.25, -0.2) is 0 Å². The first kappa shape index (κ1) is 12.2. The molecule has 0 aliphatic carbocycles. The van der Waals surface area contributed by atoms with E-state index in [2.05, 4.69) is 66.5 Å². The van der Waals surface area contributed by atoms with Gasteiger partial charge in [-0.2, -0.15) is 12.6 Å². The van der Waals surface area contributed by atoms with Gasteiger partial charge in [0.1, 0.15) is 0 Å². The van der Waals surface area contributed by atoms with Crippen LogP contribution in [-0.4, -0.2) is 12.3 Å². The molecule has 0 atom stereocenters. The summed E-state index contributed by atoms with van der Waals surface area (Å²) in [6, 6.07) is 21.3. The molecule has 0 unspecified atom stereocenters. The van der Waals surface area contributed by atoms with Crippen molar-refractivity contribution in [2.75, 3.05) is 12.3 Å². The van der Waals surface area contributed by atoms with E-state index in [1.54, 1.807) is 0 Å². The maximum absolute atomic E-state index is 4.26. The normalized spacial score (nSPS) is 10.7. The molecule has 0 aliphatic rings. The van der Waals surface area contributed by atoms with Gasteiger partial charge in [0.25, 0.3) is 0 Å². The minimum absolute atomic E-state index is 0.254. The van der Waals surface area contributed by atoms with Crippen molar-refractivity contribution in [1.82, 2.24) is 5.32 Å². The Morgan fingerprint density at radius 3 is 1.71 bits per heavy atom. The smallest absolute Gasteiger partial charge is 0.0576 e. The quantitative estimate of drug-likeness (QED) is 0.768. The average Bonchev–Trinajstić information content (AvgIpc) is 2.42. The molecule has 0 fully saturated rings. The van der Waals surface area contributed by atoms with Crippen LogP contribution < -0.4 is 5.32 Å². The van der Waals surface area contributed by atoms with Crippen LogP contribution in [0, 0.1) is 0 Å². The molecule has 0 aliphatic heterocycles. The molecule has 2 aromatic carbocycles. The Balaban J connectivity index is 2.26. The Hall–Kier alpha value is -1.25. The third-order valence-corrected chi connectivity index (χ3v) is 2.95. The van der Waals surface area contributed by atoms with Gasteiger partial charge >= 0.3 is 0 Å². The second kappa shape index (κ2) is 6.48. The molecule has 2 aromatic rings. The van der Waals surface area contributed by atoms with Crippen molar-refractivity contribution >= 4 is 12.6 Å². The highest BCUT2D eigenvalue weighted by Gasteiger charge is 2.11. The van der Waals surface area contributed by atoms with Gasteiger partial charge in [-0.1, -0.05) is 60.7 Å². The fourth-order valence-electron chi connectivity index (χ4n) is 1.93.